The topological polar surface area (TPSA) is 18.5 Å². The van der Waals surface area contributed by atoms with E-state index in [-0.39, 0.29) is 0 Å². The minimum atomic E-state index is 0.724. The highest BCUT2D eigenvalue weighted by Gasteiger charge is 1.97. The summed E-state index contributed by atoms with van der Waals surface area (Å²) in [5.41, 5.74) is 0. The van der Waals surface area contributed by atoms with E-state index in [2.05, 4.69) is 13.8 Å². The van der Waals surface area contributed by atoms with Gasteiger partial charge in [-0.2, -0.15) is 0 Å². The summed E-state index contributed by atoms with van der Waals surface area (Å²) >= 11 is 0. The monoisotopic (exact) mass is 221 g/mol. The molecule has 1 rings (SSSR count). The molecule has 2 nitrogen and oxygen atoms in total. The van der Waals surface area contributed by atoms with Gasteiger partial charge in [0, 0.05) is 6.07 Å². The lowest BCUT2D eigenvalue weighted by Crippen LogP contribution is -1.99. The average Bonchev–Trinajstić information content (AvgIpc) is 2.30. The van der Waals surface area contributed by atoms with Crippen LogP contribution in [0.5, 0.6) is 11.5 Å². The van der Waals surface area contributed by atoms with Gasteiger partial charge in [0.15, 0.2) is 0 Å². The normalized spacial score (nSPS) is 10.1. The maximum atomic E-state index is 5.60. The van der Waals surface area contributed by atoms with Gasteiger partial charge in [-0.25, -0.2) is 0 Å². The molecular weight excluding hydrogens is 200 g/mol. The van der Waals surface area contributed by atoms with Crippen molar-refractivity contribution in [2.45, 2.75) is 32.6 Å². The molecule has 89 valence electrons. The summed E-state index contributed by atoms with van der Waals surface area (Å²) in [7, 11) is 0. The number of benzene rings is 1. The van der Waals surface area contributed by atoms with Gasteiger partial charge in [-0.15, -0.1) is 0 Å². The molecule has 0 N–H and O–H groups in total. The lowest BCUT2D eigenvalue weighted by Gasteiger charge is -2.08. The fourth-order valence-electron chi connectivity index (χ4n) is 1.28. The fourth-order valence-corrected chi connectivity index (χ4v) is 1.28. The molecular formula is C14H21O2. The van der Waals surface area contributed by atoms with Crippen molar-refractivity contribution in [1.29, 1.82) is 0 Å². The van der Waals surface area contributed by atoms with Crippen LogP contribution in [0.4, 0.5) is 0 Å². The van der Waals surface area contributed by atoms with Crippen LogP contribution < -0.4 is 9.47 Å². The van der Waals surface area contributed by atoms with Crippen LogP contribution in [0.2, 0.25) is 0 Å². The van der Waals surface area contributed by atoms with E-state index in [0.717, 1.165) is 50.4 Å². The van der Waals surface area contributed by atoms with Crippen molar-refractivity contribution in [2.24, 2.45) is 0 Å². The molecule has 0 bridgehead atoms. The Hall–Kier alpha value is -1.18. The standard InChI is InChI=1S/C14H21O2/c1-3-5-10-15-13-8-7-9-14(12-13)16-11-6-4-2/h7-9,12H,1,3-6,10-11H2,2H3. The van der Waals surface area contributed by atoms with Gasteiger partial charge in [-0.1, -0.05) is 32.8 Å². The van der Waals surface area contributed by atoms with Gasteiger partial charge in [0.05, 0.1) is 13.2 Å². The lowest BCUT2D eigenvalue weighted by atomic mass is 10.3. The van der Waals surface area contributed by atoms with Gasteiger partial charge in [-0.3, -0.25) is 0 Å². The second-order valence-corrected chi connectivity index (χ2v) is 3.73. The first kappa shape index (κ1) is 12.9. The van der Waals surface area contributed by atoms with Crippen LogP contribution in [0.25, 0.3) is 0 Å². The zero-order valence-corrected chi connectivity index (χ0v) is 10.1. The Balaban J connectivity index is 2.37. The Bertz CT molecular complexity index is 259. The van der Waals surface area contributed by atoms with E-state index < -0.39 is 0 Å². The largest absolute Gasteiger partial charge is 0.493 e. The maximum Gasteiger partial charge on any atom is 0.122 e. The number of ether oxygens (including phenoxy) is 2. The van der Waals surface area contributed by atoms with Gasteiger partial charge in [0.2, 0.25) is 0 Å². The molecule has 0 fully saturated rings. The molecule has 0 amide bonds. The van der Waals surface area contributed by atoms with E-state index in [4.69, 9.17) is 9.47 Å². The molecule has 0 aromatic heterocycles. The first-order valence-electron chi connectivity index (χ1n) is 6.01. The molecule has 0 spiro atoms. The Morgan fingerprint density at radius 3 is 2.25 bits per heavy atom. The zero-order valence-electron chi connectivity index (χ0n) is 10.1. The summed E-state index contributed by atoms with van der Waals surface area (Å²) in [6.45, 7) is 7.43. The molecule has 0 saturated carbocycles. The maximum absolute atomic E-state index is 5.60. The van der Waals surface area contributed by atoms with Crippen LogP contribution in [-0.2, 0) is 0 Å². The SMILES string of the molecule is [CH2]CCCOc1cccc(OCCCC)c1. The van der Waals surface area contributed by atoms with Crippen molar-refractivity contribution in [3.63, 3.8) is 0 Å². The van der Waals surface area contributed by atoms with Crippen molar-refractivity contribution in [1.82, 2.24) is 0 Å². The lowest BCUT2D eigenvalue weighted by molar-refractivity contribution is 0.295. The van der Waals surface area contributed by atoms with Crippen LogP contribution in [0, 0.1) is 6.92 Å². The Kier molecular flexibility index (Phi) is 6.47. The minimum absolute atomic E-state index is 0.724. The minimum Gasteiger partial charge on any atom is -0.493 e. The number of hydrogen-bond acceptors (Lipinski definition) is 2. The molecule has 1 aromatic rings. The Morgan fingerprint density at radius 1 is 1.06 bits per heavy atom. The molecule has 0 aliphatic rings. The van der Waals surface area contributed by atoms with E-state index in [9.17, 15) is 0 Å². The smallest absolute Gasteiger partial charge is 0.122 e. The third kappa shape index (κ3) is 5.06. The van der Waals surface area contributed by atoms with Crippen molar-refractivity contribution in [3.8, 4) is 11.5 Å². The second kappa shape index (κ2) is 8.03. The van der Waals surface area contributed by atoms with E-state index in [1.807, 2.05) is 24.3 Å². The summed E-state index contributed by atoms with van der Waals surface area (Å²) in [6, 6.07) is 7.82. The average molecular weight is 221 g/mol. The predicted octanol–water partition coefficient (Wildman–Crippen LogP) is 3.86. The van der Waals surface area contributed by atoms with Crippen LogP contribution >= 0.6 is 0 Å². The molecule has 0 atom stereocenters. The molecule has 0 aliphatic heterocycles. The van der Waals surface area contributed by atoms with E-state index in [1.165, 1.54) is 0 Å². The van der Waals surface area contributed by atoms with E-state index in [0.29, 0.717) is 0 Å². The Morgan fingerprint density at radius 2 is 1.69 bits per heavy atom. The van der Waals surface area contributed by atoms with Crippen LogP contribution in [0.3, 0.4) is 0 Å². The third-order valence-corrected chi connectivity index (χ3v) is 2.24. The van der Waals surface area contributed by atoms with Crippen molar-refractivity contribution >= 4 is 0 Å². The molecule has 0 saturated heterocycles. The number of hydrogen-bond donors (Lipinski definition) is 0. The van der Waals surface area contributed by atoms with Crippen molar-refractivity contribution in [3.05, 3.63) is 31.2 Å². The van der Waals surface area contributed by atoms with Gasteiger partial charge in [0.25, 0.3) is 0 Å². The van der Waals surface area contributed by atoms with Gasteiger partial charge >= 0.3 is 0 Å². The summed E-state index contributed by atoms with van der Waals surface area (Å²) in [6.07, 6.45) is 4.14. The molecule has 1 aromatic carbocycles. The van der Waals surface area contributed by atoms with E-state index >= 15 is 0 Å². The molecule has 0 aliphatic carbocycles. The molecule has 0 unspecified atom stereocenters. The van der Waals surface area contributed by atoms with Crippen LogP contribution in [0.15, 0.2) is 24.3 Å². The highest BCUT2D eigenvalue weighted by atomic mass is 16.5. The highest BCUT2D eigenvalue weighted by molar-refractivity contribution is 5.32. The second-order valence-electron chi connectivity index (χ2n) is 3.73. The third-order valence-electron chi connectivity index (χ3n) is 2.24. The summed E-state index contributed by atoms with van der Waals surface area (Å²) in [4.78, 5) is 0. The number of rotatable bonds is 8. The predicted molar refractivity (Wildman–Crippen MR) is 66.9 cm³/mol. The summed E-state index contributed by atoms with van der Waals surface area (Å²) < 4.78 is 11.2. The quantitative estimate of drug-likeness (QED) is 0.621. The highest BCUT2D eigenvalue weighted by Crippen LogP contribution is 2.19. The van der Waals surface area contributed by atoms with Crippen molar-refractivity contribution in [2.75, 3.05) is 13.2 Å². The molecule has 16 heavy (non-hydrogen) atoms. The molecule has 1 radical (unpaired) electrons. The van der Waals surface area contributed by atoms with Gasteiger partial charge in [-0.05, 0) is 25.0 Å². The van der Waals surface area contributed by atoms with Crippen LogP contribution in [0.1, 0.15) is 32.6 Å². The summed E-state index contributed by atoms with van der Waals surface area (Å²) in [5.74, 6) is 1.77. The van der Waals surface area contributed by atoms with Crippen molar-refractivity contribution < 1.29 is 9.47 Å². The first-order valence-corrected chi connectivity index (χ1v) is 6.01. The first-order chi connectivity index (χ1) is 7.86. The van der Waals surface area contributed by atoms with Gasteiger partial charge in [0.1, 0.15) is 11.5 Å². The molecule has 0 heterocycles. The van der Waals surface area contributed by atoms with Gasteiger partial charge < -0.3 is 9.47 Å². The Labute approximate surface area is 98.6 Å². The van der Waals surface area contributed by atoms with E-state index in [1.54, 1.807) is 0 Å². The molecule has 2 heteroatoms. The zero-order chi connectivity index (χ0) is 11.6. The summed E-state index contributed by atoms with van der Waals surface area (Å²) in [5, 5.41) is 0. The fraction of sp³-hybridized carbons (Fsp3) is 0.500. The number of unbranched alkanes of at least 4 members (excludes halogenated alkanes) is 2. The van der Waals surface area contributed by atoms with Crippen LogP contribution in [-0.4, -0.2) is 13.2 Å².